The summed E-state index contributed by atoms with van der Waals surface area (Å²) < 4.78 is 19.7. The van der Waals surface area contributed by atoms with E-state index in [0.29, 0.717) is 28.4 Å². The van der Waals surface area contributed by atoms with Crippen LogP contribution in [0.15, 0.2) is 29.4 Å². The molecule has 27 heavy (non-hydrogen) atoms. The number of aryl methyl sites for hydroxylation is 1. The van der Waals surface area contributed by atoms with E-state index < -0.39 is 11.9 Å². The van der Waals surface area contributed by atoms with E-state index in [9.17, 15) is 9.59 Å². The van der Waals surface area contributed by atoms with Crippen molar-refractivity contribution >= 4 is 33.4 Å². The summed E-state index contributed by atoms with van der Waals surface area (Å²) in [6.45, 7) is 2.66. The molecule has 1 aliphatic rings. The number of amides is 1. The Labute approximate surface area is 157 Å². The number of fused-ring (bicyclic) bond motifs is 2. The summed E-state index contributed by atoms with van der Waals surface area (Å²) in [7, 11) is 1.31. The molecule has 140 valence electrons. The second kappa shape index (κ2) is 6.88. The molecule has 4 rings (SSSR count). The van der Waals surface area contributed by atoms with Gasteiger partial charge in [0.1, 0.15) is 6.54 Å². The monoisotopic (exact) mass is 388 g/mol. The number of hydrogen-bond donors (Lipinski definition) is 0. The van der Waals surface area contributed by atoms with Crippen LogP contribution < -0.4 is 14.3 Å². The molecule has 0 saturated carbocycles. The van der Waals surface area contributed by atoms with Crippen LogP contribution in [0.3, 0.4) is 0 Å². The zero-order valence-electron chi connectivity index (χ0n) is 14.7. The summed E-state index contributed by atoms with van der Waals surface area (Å²) in [5.41, 5.74) is 0.952. The minimum Gasteiger partial charge on any atom is -0.468 e. The van der Waals surface area contributed by atoms with Crippen LogP contribution in [0.4, 0.5) is 0 Å². The number of methoxy groups -OCH3 is 1. The number of carbonyl (C=O) groups excluding carboxylic acids is 2. The molecule has 0 bridgehead atoms. The predicted octanol–water partition coefficient (Wildman–Crippen LogP) is 1.56. The molecule has 0 fully saturated rings. The van der Waals surface area contributed by atoms with Crippen molar-refractivity contribution in [3.8, 4) is 11.5 Å². The molecule has 0 saturated heterocycles. The van der Waals surface area contributed by atoms with Gasteiger partial charge in [-0.15, -0.1) is 0 Å². The van der Waals surface area contributed by atoms with Gasteiger partial charge < -0.3 is 18.8 Å². The molecule has 1 aromatic carbocycles. The quantitative estimate of drug-likeness (QED) is 0.629. The Kier molecular flexibility index (Phi) is 4.40. The van der Waals surface area contributed by atoms with E-state index in [0.717, 1.165) is 4.70 Å². The normalized spacial score (nSPS) is 13.3. The van der Waals surface area contributed by atoms with E-state index in [4.69, 9.17) is 14.2 Å². The van der Waals surface area contributed by atoms with E-state index in [2.05, 4.69) is 10.1 Å². The Morgan fingerprint density at radius 1 is 1.33 bits per heavy atom. The number of hydrogen-bond acceptors (Lipinski definition) is 7. The lowest BCUT2D eigenvalue weighted by Gasteiger charge is -2.04. The molecule has 2 aromatic heterocycles. The molecular weight excluding hydrogens is 372 g/mol. The Bertz CT molecular complexity index is 1110. The Morgan fingerprint density at radius 2 is 2.11 bits per heavy atom. The zero-order chi connectivity index (χ0) is 19.0. The fourth-order valence-corrected chi connectivity index (χ4v) is 3.73. The van der Waals surface area contributed by atoms with E-state index in [-0.39, 0.29) is 19.0 Å². The van der Waals surface area contributed by atoms with Gasteiger partial charge >= 0.3 is 5.97 Å². The lowest BCUT2D eigenvalue weighted by Crippen LogP contribution is -2.22. The van der Waals surface area contributed by atoms with Gasteiger partial charge in [0.2, 0.25) is 6.79 Å². The molecule has 9 nitrogen and oxygen atoms in total. The molecule has 0 radical (unpaired) electrons. The molecule has 3 aromatic rings. The van der Waals surface area contributed by atoms with Gasteiger partial charge in [-0.3, -0.25) is 14.3 Å². The lowest BCUT2D eigenvalue weighted by molar-refractivity contribution is -0.141. The zero-order valence-corrected chi connectivity index (χ0v) is 15.5. The van der Waals surface area contributed by atoms with Crippen LogP contribution >= 0.6 is 11.3 Å². The van der Waals surface area contributed by atoms with Crippen LogP contribution in [0.5, 0.6) is 11.5 Å². The molecule has 1 amide bonds. The van der Waals surface area contributed by atoms with Crippen molar-refractivity contribution in [2.45, 2.75) is 20.0 Å². The summed E-state index contributed by atoms with van der Waals surface area (Å²) >= 11 is 1.28. The van der Waals surface area contributed by atoms with Gasteiger partial charge in [0.05, 0.1) is 17.3 Å². The third-order valence-electron chi connectivity index (χ3n) is 4.07. The van der Waals surface area contributed by atoms with Gasteiger partial charge in [-0.25, -0.2) is 0 Å². The number of carbonyl (C=O) groups is 2. The first-order valence-electron chi connectivity index (χ1n) is 8.21. The second-order valence-corrected chi connectivity index (χ2v) is 6.70. The van der Waals surface area contributed by atoms with Crippen LogP contribution in [0.2, 0.25) is 0 Å². The summed E-state index contributed by atoms with van der Waals surface area (Å²) in [5, 5.41) is 4.17. The van der Waals surface area contributed by atoms with Gasteiger partial charge in [-0.05, 0) is 13.0 Å². The van der Waals surface area contributed by atoms with Gasteiger partial charge in [0, 0.05) is 24.9 Å². The van der Waals surface area contributed by atoms with Gasteiger partial charge in [-0.1, -0.05) is 11.3 Å². The van der Waals surface area contributed by atoms with E-state index in [1.807, 2.05) is 13.0 Å². The molecule has 0 spiro atoms. The molecule has 0 unspecified atom stereocenters. The highest BCUT2D eigenvalue weighted by atomic mass is 32.1. The van der Waals surface area contributed by atoms with Crippen LogP contribution in [-0.4, -0.2) is 40.1 Å². The van der Waals surface area contributed by atoms with Gasteiger partial charge in [-0.2, -0.15) is 10.1 Å². The van der Waals surface area contributed by atoms with Gasteiger partial charge in [0.15, 0.2) is 22.0 Å². The third kappa shape index (κ3) is 3.19. The SMILES string of the molecule is CCn1ccc(C(=O)N=c2sc3cc4c(cc3n2CC(=O)OC)OCO4)n1. The fraction of sp³-hybridized carbons (Fsp3) is 0.294. The summed E-state index contributed by atoms with van der Waals surface area (Å²) in [6, 6.07) is 5.20. The number of thiazole rings is 1. The number of aromatic nitrogens is 3. The van der Waals surface area contributed by atoms with Crippen molar-refractivity contribution in [3.63, 3.8) is 0 Å². The predicted molar refractivity (Wildman–Crippen MR) is 95.7 cm³/mol. The largest absolute Gasteiger partial charge is 0.468 e. The van der Waals surface area contributed by atoms with Crippen molar-refractivity contribution < 1.29 is 23.8 Å². The van der Waals surface area contributed by atoms with E-state index in [1.165, 1.54) is 18.4 Å². The topological polar surface area (TPSA) is 96.9 Å². The maximum Gasteiger partial charge on any atom is 0.325 e. The first-order valence-corrected chi connectivity index (χ1v) is 9.03. The molecule has 10 heteroatoms. The van der Waals surface area contributed by atoms with Crippen LogP contribution in [0, 0.1) is 0 Å². The average molecular weight is 388 g/mol. The minimum absolute atomic E-state index is 0.0777. The van der Waals surface area contributed by atoms with Gasteiger partial charge in [0.25, 0.3) is 5.91 Å². The minimum atomic E-state index is -0.479. The van der Waals surface area contributed by atoms with Crippen LogP contribution in [0.1, 0.15) is 17.4 Å². The Balaban J connectivity index is 1.84. The highest BCUT2D eigenvalue weighted by Crippen LogP contribution is 2.37. The Morgan fingerprint density at radius 3 is 2.81 bits per heavy atom. The maximum absolute atomic E-state index is 12.5. The van der Waals surface area contributed by atoms with E-state index >= 15 is 0 Å². The Hall–Kier alpha value is -3.14. The first kappa shape index (κ1) is 17.3. The number of ether oxygens (including phenoxy) is 3. The maximum atomic E-state index is 12.5. The van der Waals surface area contributed by atoms with Crippen molar-refractivity contribution in [2.24, 2.45) is 4.99 Å². The lowest BCUT2D eigenvalue weighted by atomic mass is 10.3. The number of esters is 1. The molecular formula is C17H16N4O5S. The van der Waals surface area contributed by atoms with Crippen molar-refractivity contribution in [1.29, 1.82) is 0 Å². The first-order chi connectivity index (χ1) is 13.1. The molecule has 0 aliphatic carbocycles. The van der Waals surface area contributed by atoms with Crippen LogP contribution in [0.25, 0.3) is 10.2 Å². The van der Waals surface area contributed by atoms with Crippen molar-refractivity contribution in [2.75, 3.05) is 13.9 Å². The average Bonchev–Trinajstić information content (AvgIpc) is 3.39. The number of benzene rings is 1. The number of rotatable bonds is 4. The third-order valence-corrected chi connectivity index (χ3v) is 5.11. The number of nitrogens with zero attached hydrogens (tertiary/aromatic N) is 4. The van der Waals surface area contributed by atoms with Crippen molar-refractivity contribution in [3.05, 3.63) is 34.9 Å². The summed E-state index contributed by atoms with van der Waals surface area (Å²) in [5.74, 6) is 0.274. The smallest absolute Gasteiger partial charge is 0.325 e. The summed E-state index contributed by atoms with van der Waals surface area (Å²) in [4.78, 5) is 28.9. The molecule has 3 heterocycles. The summed E-state index contributed by atoms with van der Waals surface area (Å²) in [6.07, 6.45) is 1.72. The molecule has 1 aliphatic heterocycles. The standard InChI is InChI=1S/C17H16N4O5S/c1-3-20-5-4-10(19-20)16(23)18-17-21(8-15(22)24-2)11-6-12-13(26-9-25-12)7-14(11)27-17/h4-7H,3,8-9H2,1-2H3. The second-order valence-electron chi connectivity index (χ2n) is 5.69. The fourth-order valence-electron chi connectivity index (χ4n) is 2.69. The highest BCUT2D eigenvalue weighted by molar-refractivity contribution is 7.16. The van der Waals surface area contributed by atoms with E-state index in [1.54, 1.807) is 27.6 Å². The molecule has 0 atom stereocenters. The molecule has 0 N–H and O–H groups in total. The van der Waals surface area contributed by atoms with Crippen molar-refractivity contribution in [1.82, 2.24) is 14.3 Å². The highest BCUT2D eigenvalue weighted by Gasteiger charge is 2.19. The van der Waals surface area contributed by atoms with Crippen LogP contribution in [-0.2, 0) is 22.6 Å².